The Morgan fingerprint density at radius 3 is 2.74 bits per heavy atom. The van der Waals surface area contributed by atoms with Gasteiger partial charge in [0.05, 0.1) is 5.02 Å². The number of alkyl halides is 1. The minimum absolute atomic E-state index is 0.139. The molecule has 2 aromatic rings. The first-order valence-corrected chi connectivity index (χ1v) is 7.56. The van der Waals surface area contributed by atoms with Gasteiger partial charge in [0.1, 0.15) is 4.88 Å². The van der Waals surface area contributed by atoms with E-state index in [4.69, 9.17) is 23.2 Å². The third-order valence-corrected chi connectivity index (χ3v) is 4.71. The third kappa shape index (κ3) is 3.50. The first-order chi connectivity index (χ1) is 9.11. The molecule has 0 aliphatic heterocycles. The Kier molecular flexibility index (Phi) is 4.86. The van der Waals surface area contributed by atoms with Crippen molar-refractivity contribution in [2.45, 2.75) is 19.3 Å². The predicted molar refractivity (Wildman–Crippen MR) is 81.2 cm³/mol. The molecule has 0 unspecified atom stereocenters. The average molecular weight is 314 g/mol. The summed E-state index contributed by atoms with van der Waals surface area (Å²) in [6.07, 6.45) is 0. The van der Waals surface area contributed by atoms with E-state index in [0.717, 1.165) is 16.7 Å². The molecular formula is C14H13Cl2NOS. The van der Waals surface area contributed by atoms with Crippen LogP contribution in [0, 0.1) is 6.92 Å². The van der Waals surface area contributed by atoms with Crippen molar-refractivity contribution in [1.29, 1.82) is 0 Å². The lowest BCUT2D eigenvalue weighted by Gasteiger charge is -2.05. The van der Waals surface area contributed by atoms with Gasteiger partial charge in [-0.3, -0.25) is 4.79 Å². The summed E-state index contributed by atoms with van der Waals surface area (Å²) in [6, 6.07) is 7.82. The monoisotopic (exact) mass is 313 g/mol. The van der Waals surface area contributed by atoms with Crippen molar-refractivity contribution in [3.8, 4) is 0 Å². The third-order valence-electron chi connectivity index (χ3n) is 2.70. The van der Waals surface area contributed by atoms with Gasteiger partial charge in [-0.2, -0.15) is 0 Å². The van der Waals surface area contributed by atoms with E-state index in [0.29, 0.717) is 22.3 Å². The van der Waals surface area contributed by atoms with E-state index in [1.807, 2.05) is 36.6 Å². The van der Waals surface area contributed by atoms with Crippen LogP contribution in [0.5, 0.6) is 0 Å². The van der Waals surface area contributed by atoms with Gasteiger partial charge < -0.3 is 5.32 Å². The highest BCUT2D eigenvalue weighted by atomic mass is 35.5. The zero-order valence-electron chi connectivity index (χ0n) is 10.4. The molecule has 5 heteroatoms. The van der Waals surface area contributed by atoms with Crippen molar-refractivity contribution in [3.05, 3.63) is 56.2 Å². The Morgan fingerprint density at radius 2 is 2.11 bits per heavy atom. The minimum atomic E-state index is -0.139. The van der Waals surface area contributed by atoms with Crippen molar-refractivity contribution >= 4 is 40.4 Å². The van der Waals surface area contributed by atoms with E-state index in [-0.39, 0.29) is 5.91 Å². The summed E-state index contributed by atoms with van der Waals surface area (Å²) in [6.45, 7) is 2.36. The molecule has 0 saturated carbocycles. The van der Waals surface area contributed by atoms with Crippen LogP contribution in [0.1, 0.15) is 26.4 Å². The molecule has 100 valence electrons. The normalized spacial score (nSPS) is 10.5. The van der Waals surface area contributed by atoms with Crippen LogP contribution in [0.25, 0.3) is 0 Å². The maximum Gasteiger partial charge on any atom is 0.263 e. The van der Waals surface area contributed by atoms with Gasteiger partial charge in [0, 0.05) is 12.4 Å². The number of benzene rings is 1. The molecule has 1 amide bonds. The minimum Gasteiger partial charge on any atom is -0.347 e. The van der Waals surface area contributed by atoms with Crippen molar-refractivity contribution in [2.24, 2.45) is 0 Å². The van der Waals surface area contributed by atoms with Crippen molar-refractivity contribution in [1.82, 2.24) is 5.32 Å². The van der Waals surface area contributed by atoms with E-state index in [1.165, 1.54) is 11.3 Å². The molecule has 2 rings (SSSR count). The van der Waals surface area contributed by atoms with Crippen LogP contribution in [0.15, 0.2) is 29.6 Å². The SMILES string of the molecule is Cc1csc(C(=O)NCc2cccc(CCl)c2)c1Cl. The number of hydrogen-bond donors (Lipinski definition) is 1. The van der Waals surface area contributed by atoms with Crippen LogP contribution in [0.3, 0.4) is 0 Å². The highest BCUT2D eigenvalue weighted by molar-refractivity contribution is 7.13. The summed E-state index contributed by atoms with van der Waals surface area (Å²) >= 11 is 13.2. The number of amides is 1. The standard InChI is InChI=1S/C14H13Cl2NOS/c1-9-8-19-13(12(9)16)14(18)17-7-11-4-2-3-10(5-11)6-15/h2-5,8H,6-7H2,1H3,(H,17,18). The molecule has 0 saturated heterocycles. The Bertz CT molecular complexity index is 595. The van der Waals surface area contributed by atoms with Crippen molar-refractivity contribution < 1.29 is 4.79 Å². The number of aryl methyl sites for hydroxylation is 1. The molecule has 0 fully saturated rings. The van der Waals surface area contributed by atoms with Gasteiger partial charge in [0.2, 0.25) is 0 Å². The number of hydrogen-bond acceptors (Lipinski definition) is 2. The molecule has 1 aromatic heterocycles. The topological polar surface area (TPSA) is 29.1 Å². The highest BCUT2D eigenvalue weighted by Gasteiger charge is 2.14. The van der Waals surface area contributed by atoms with Gasteiger partial charge in [0.25, 0.3) is 5.91 Å². The molecule has 0 spiro atoms. The van der Waals surface area contributed by atoms with Gasteiger partial charge in [-0.25, -0.2) is 0 Å². The van der Waals surface area contributed by atoms with Crippen LogP contribution in [0.2, 0.25) is 5.02 Å². The molecule has 1 heterocycles. The van der Waals surface area contributed by atoms with Gasteiger partial charge in [-0.1, -0.05) is 35.9 Å². The van der Waals surface area contributed by atoms with Crippen LogP contribution in [0.4, 0.5) is 0 Å². The Morgan fingerprint density at radius 1 is 1.37 bits per heavy atom. The molecule has 0 bridgehead atoms. The molecule has 0 radical (unpaired) electrons. The predicted octanol–water partition coefficient (Wildman–Crippen LogP) is 4.38. The largest absolute Gasteiger partial charge is 0.347 e. The van der Waals surface area contributed by atoms with Gasteiger partial charge >= 0.3 is 0 Å². The zero-order valence-corrected chi connectivity index (χ0v) is 12.7. The Hall–Kier alpha value is -1.03. The summed E-state index contributed by atoms with van der Waals surface area (Å²) in [7, 11) is 0. The summed E-state index contributed by atoms with van der Waals surface area (Å²) < 4.78 is 0. The number of rotatable bonds is 4. The number of thiophene rings is 1. The fourth-order valence-corrected chi connectivity index (χ4v) is 3.03. The van der Waals surface area contributed by atoms with E-state index in [2.05, 4.69) is 5.32 Å². The summed E-state index contributed by atoms with van der Waals surface area (Å²) in [5.41, 5.74) is 3.00. The second kappa shape index (κ2) is 6.42. The first kappa shape index (κ1) is 14.4. The number of carbonyl (C=O) groups is 1. The molecule has 2 nitrogen and oxygen atoms in total. The quantitative estimate of drug-likeness (QED) is 0.834. The maximum atomic E-state index is 12.0. The summed E-state index contributed by atoms with van der Waals surface area (Å²) in [5.74, 6) is 0.331. The summed E-state index contributed by atoms with van der Waals surface area (Å²) in [4.78, 5) is 12.6. The van der Waals surface area contributed by atoms with E-state index in [1.54, 1.807) is 0 Å². The Labute approximate surface area is 126 Å². The lowest BCUT2D eigenvalue weighted by Crippen LogP contribution is -2.22. The van der Waals surface area contributed by atoms with E-state index < -0.39 is 0 Å². The smallest absolute Gasteiger partial charge is 0.263 e. The van der Waals surface area contributed by atoms with Gasteiger partial charge in [-0.05, 0) is 29.0 Å². The maximum absolute atomic E-state index is 12.0. The molecule has 0 aliphatic rings. The molecule has 0 aliphatic carbocycles. The van der Waals surface area contributed by atoms with Crippen LogP contribution < -0.4 is 5.32 Å². The lowest BCUT2D eigenvalue weighted by atomic mass is 10.1. The van der Waals surface area contributed by atoms with E-state index >= 15 is 0 Å². The molecule has 0 atom stereocenters. The number of nitrogens with one attached hydrogen (secondary N) is 1. The number of halogens is 2. The molecule has 1 aromatic carbocycles. The van der Waals surface area contributed by atoms with E-state index in [9.17, 15) is 4.79 Å². The lowest BCUT2D eigenvalue weighted by molar-refractivity contribution is 0.0955. The second-order valence-electron chi connectivity index (χ2n) is 4.20. The second-order valence-corrected chi connectivity index (χ2v) is 5.72. The molecule has 19 heavy (non-hydrogen) atoms. The molecule has 1 N–H and O–H groups in total. The Balaban J connectivity index is 2.02. The van der Waals surface area contributed by atoms with Crippen molar-refractivity contribution in [2.75, 3.05) is 0 Å². The van der Waals surface area contributed by atoms with Gasteiger partial charge in [-0.15, -0.1) is 22.9 Å². The average Bonchev–Trinajstić information content (AvgIpc) is 2.77. The molecular weight excluding hydrogens is 301 g/mol. The summed E-state index contributed by atoms with van der Waals surface area (Å²) in [5, 5.41) is 5.28. The first-order valence-electron chi connectivity index (χ1n) is 5.77. The van der Waals surface area contributed by atoms with Gasteiger partial charge in [0.15, 0.2) is 0 Å². The van der Waals surface area contributed by atoms with Crippen LogP contribution in [-0.2, 0) is 12.4 Å². The fourth-order valence-electron chi connectivity index (χ4n) is 1.67. The fraction of sp³-hybridized carbons (Fsp3) is 0.214. The number of carbonyl (C=O) groups excluding carboxylic acids is 1. The van der Waals surface area contributed by atoms with Crippen LogP contribution >= 0.6 is 34.5 Å². The van der Waals surface area contributed by atoms with Crippen molar-refractivity contribution in [3.63, 3.8) is 0 Å². The zero-order chi connectivity index (χ0) is 13.8. The highest BCUT2D eigenvalue weighted by Crippen LogP contribution is 2.26. The van der Waals surface area contributed by atoms with Crippen LogP contribution in [-0.4, -0.2) is 5.91 Å².